The smallest absolute Gasteiger partial charge is 0.159 e. The Labute approximate surface area is 119 Å². The molecule has 0 atom stereocenters. The maximum Gasteiger partial charge on any atom is 0.159 e. The highest BCUT2D eigenvalue weighted by molar-refractivity contribution is 5.59. The lowest BCUT2D eigenvalue weighted by Gasteiger charge is -2.10. The second-order valence-electron chi connectivity index (χ2n) is 5.06. The van der Waals surface area contributed by atoms with Crippen LogP contribution in [0.25, 0.3) is 11.4 Å². The highest BCUT2D eigenvalue weighted by atomic mass is 16.5. The second-order valence-corrected chi connectivity index (χ2v) is 5.06. The Bertz CT molecular complexity index is 652. The van der Waals surface area contributed by atoms with E-state index in [1.165, 1.54) is 5.56 Å². The first kappa shape index (κ1) is 13.1. The number of nitrogens with one attached hydrogen (secondary N) is 1. The minimum absolute atomic E-state index is 0.815. The lowest BCUT2D eigenvalue weighted by Crippen LogP contribution is -2.03. The molecule has 4 nitrogen and oxygen atoms in total. The summed E-state index contributed by atoms with van der Waals surface area (Å²) in [5.41, 5.74) is 5.73. The number of nitrogens with zero attached hydrogens (tertiary/aromatic N) is 2. The van der Waals surface area contributed by atoms with Crippen molar-refractivity contribution in [2.24, 2.45) is 0 Å². The van der Waals surface area contributed by atoms with Crippen LogP contribution < -0.4 is 10.1 Å². The van der Waals surface area contributed by atoms with Gasteiger partial charge in [-0.3, -0.25) is 0 Å². The molecule has 1 aliphatic heterocycles. The standard InChI is InChI=1S/C16H19N3O/c1-4-13-12-8-17-9-14(12)19-16(18-13)11-5-6-15(20-3)10(2)7-11/h5-7,17H,4,8-9H2,1-3H3. The molecule has 0 aliphatic carbocycles. The Morgan fingerprint density at radius 2 is 2.10 bits per heavy atom. The minimum Gasteiger partial charge on any atom is -0.496 e. The first-order valence-electron chi connectivity index (χ1n) is 6.97. The summed E-state index contributed by atoms with van der Waals surface area (Å²) in [5, 5.41) is 3.35. The van der Waals surface area contributed by atoms with Gasteiger partial charge in [0.2, 0.25) is 0 Å². The zero-order valence-corrected chi connectivity index (χ0v) is 12.2. The number of benzene rings is 1. The third kappa shape index (κ3) is 2.16. The van der Waals surface area contributed by atoms with E-state index in [-0.39, 0.29) is 0 Å². The summed E-state index contributed by atoms with van der Waals surface area (Å²) in [6, 6.07) is 6.09. The van der Waals surface area contributed by atoms with E-state index in [9.17, 15) is 0 Å². The number of methoxy groups -OCH3 is 1. The Hall–Kier alpha value is -1.94. The van der Waals surface area contributed by atoms with Gasteiger partial charge in [-0.15, -0.1) is 0 Å². The minimum atomic E-state index is 0.815. The Morgan fingerprint density at radius 1 is 1.25 bits per heavy atom. The van der Waals surface area contributed by atoms with Crippen molar-refractivity contribution in [2.75, 3.05) is 7.11 Å². The fourth-order valence-electron chi connectivity index (χ4n) is 2.68. The van der Waals surface area contributed by atoms with E-state index in [0.29, 0.717) is 0 Å². The third-order valence-corrected chi connectivity index (χ3v) is 3.76. The van der Waals surface area contributed by atoms with Gasteiger partial charge < -0.3 is 10.1 Å². The molecule has 104 valence electrons. The zero-order valence-electron chi connectivity index (χ0n) is 12.2. The van der Waals surface area contributed by atoms with Gasteiger partial charge in [-0.25, -0.2) is 9.97 Å². The zero-order chi connectivity index (χ0) is 14.1. The number of hydrogen-bond acceptors (Lipinski definition) is 4. The second kappa shape index (κ2) is 5.21. The maximum absolute atomic E-state index is 5.30. The quantitative estimate of drug-likeness (QED) is 0.930. The molecular weight excluding hydrogens is 250 g/mol. The number of hydrogen-bond donors (Lipinski definition) is 1. The molecule has 0 saturated heterocycles. The lowest BCUT2D eigenvalue weighted by molar-refractivity contribution is 0.412. The number of aromatic nitrogens is 2. The number of fused-ring (bicyclic) bond motifs is 1. The first-order valence-corrected chi connectivity index (χ1v) is 6.97. The molecule has 0 unspecified atom stereocenters. The van der Waals surface area contributed by atoms with Gasteiger partial charge in [0.25, 0.3) is 0 Å². The van der Waals surface area contributed by atoms with Crippen LogP contribution in [-0.2, 0) is 19.5 Å². The summed E-state index contributed by atoms with van der Waals surface area (Å²) in [6.07, 6.45) is 0.939. The molecule has 2 aromatic rings. The van der Waals surface area contributed by atoms with E-state index in [1.54, 1.807) is 7.11 Å². The number of ether oxygens (including phenoxy) is 1. The summed E-state index contributed by atoms with van der Waals surface area (Å²) in [7, 11) is 1.69. The molecule has 0 amide bonds. The van der Waals surface area contributed by atoms with Crippen LogP contribution in [-0.4, -0.2) is 17.1 Å². The molecule has 3 rings (SSSR count). The summed E-state index contributed by atoms with van der Waals surface area (Å²) in [4.78, 5) is 9.45. The van der Waals surface area contributed by atoms with Crippen LogP contribution in [0.3, 0.4) is 0 Å². The average molecular weight is 269 g/mol. The van der Waals surface area contributed by atoms with E-state index < -0.39 is 0 Å². The monoisotopic (exact) mass is 269 g/mol. The van der Waals surface area contributed by atoms with Gasteiger partial charge >= 0.3 is 0 Å². The molecule has 0 spiro atoms. The normalized spacial score (nSPS) is 13.3. The van der Waals surface area contributed by atoms with Crippen molar-refractivity contribution in [3.8, 4) is 17.1 Å². The van der Waals surface area contributed by atoms with E-state index in [2.05, 4.69) is 18.3 Å². The Kier molecular flexibility index (Phi) is 3.40. The topological polar surface area (TPSA) is 47.0 Å². The fourth-order valence-corrected chi connectivity index (χ4v) is 2.68. The first-order chi connectivity index (χ1) is 9.72. The SMILES string of the molecule is CCc1nc(-c2ccc(OC)c(C)c2)nc2c1CNC2. The molecule has 1 aromatic carbocycles. The van der Waals surface area contributed by atoms with Gasteiger partial charge in [0.05, 0.1) is 12.8 Å². The van der Waals surface area contributed by atoms with E-state index in [0.717, 1.165) is 53.6 Å². The number of aryl methyl sites for hydroxylation is 2. The predicted octanol–water partition coefficient (Wildman–Crippen LogP) is 2.63. The van der Waals surface area contributed by atoms with Crippen LogP contribution in [0.5, 0.6) is 5.75 Å². The van der Waals surface area contributed by atoms with Crippen molar-refractivity contribution in [3.63, 3.8) is 0 Å². The van der Waals surface area contributed by atoms with Crippen LogP contribution in [0.2, 0.25) is 0 Å². The van der Waals surface area contributed by atoms with Crippen molar-refractivity contribution >= 4 is 0 Å². The average Bonchev–Trinajstić information content (AvgIpc) is 2.94. The van der Waals surface area contributed by atoms with Gasteiger partial charge in [-0.05, 0) is 37.1 Å². The number of rotatable bonds is 3. The molecule has 0 fully saturated rings. The summed E-state index contributed by atoms with van der Waals surface area (Å²) < 4.78 is 5.30. The molecule has 2 heterocycles. The summed E-state index contributed by atoms with van der Waals surface area (Å²) in [6.45, 7) is 5.91. The van der Waals surface area contributed by atoms with Crippen LogP contribution in [0.4, 0.5) is 0 Å². The molecule has 1 N–H and O–H groups in total. The van der Waals surface area contributed by atoms with Crippen molar-refractivity contribution in [3.05, 3.63) is 40.7 Å². The molecule has 4 heteroatoms. The largest absolute Gasteiger partial charge is 0.496 e. The third-order valence-electron chi connectivity index (χ3n) is 3.76. The fraction of sp³-hybridized carbons (Fsp3) is 0.375. The molecule has 0 saturated carbocycles. The van der Waals surface area contributed by atoms with Gasteiger partial charge in [-0.1, -0.05) is 6.92 Å². The van der Waals surface area contributed by atoms with Crippen LogP contribution >= 0.6 is 0 Å². The lowest BCUT2D eigenvalue weighted by atomic mass is 10.1. The molecular formula is C16H19N3O. The van der Waals surface area contributed by atoms with E-state index >= 15 is 0 Å². The van der Waals surface area contributed by atoms with Crippen LogP contribution in [0, 0.1) is 6.92 Å². The van der Waals surface area contributed by atoms with Crippen molar-refractivity contribution in [1.82, 2.24) is 15.3 Å². The van der Waals surface area contributed by atoms with Crippen molar-refractivity contribution in [1.29, 1.82) is 0 Å². The van der Waals surface area contributed by atoms with E-state index in [1.807, 2.05) is 19.1 Å². The molecule has 1 aromatic heterocycles. The van der Waals surface area contributed by atoms with Crippen LogP contribution in [0.15, 0.2) is 18.2 Å². The molecule has 0 radical (unpaired) electrons. The van der Waals surface area contributed by atoms with E-state index in [4.69, 9.17) is 14.7 Å². The van der Waals surface area contributed by atoms with Crippen molar-refractivity contribution in [2.45, 2.75) is 33.4 Å². The summed E-state index contributed by atoms with van der Waals surface area (Å²) in [5.74, 6) is 1.71. The highest BCUT2D eigenvalue weighted by Gasteiger charge is 2.18. The van der Waals surface area contributed by atoms with Crippen LogP contribution in [0.1, 0.15) is 29.4 Å². The highest BCUT2D eigenvalue weighted by Crippen LogP contribution is 2.26. The van der Waals surface area contributed by atoms with Gasteiger partial charge in [0.15, 0.2) is 5.82 Å². The Morgan fingerprint density at radius 3 is 2.80 bits per heavy atom. The molecule has 0 bridgehead atoms. The van der Waals surface area contributed by atoms with Crippen molar-refractivity contribution < 1.29 is 4.74 Å². The Balaban J connectivity index is 2.08. The summed E-state index contributed by atoms with van der Waals surface area (Å²) >= 11 is 0. The van der Waals surface area contributed by atoms with Gasteiger partial charge in [0, 0.05) is 29.9 Å². The predicted molar refractivity (Wildman–Crippen MR) is 78.7 cm³/mol. The van der Waals surface area contributed by atoms with Gasteiger partial charge in [-0.2, -0.15) is 0 Å². The molecule has 1 aliphatic rings. The molecule has 20 heavy (non-hydrogen) atoms. The maximum atomic E-state index is 5.30. The van der Waals surface area contributed by atoms with Gasteiger partial charge in [0.1, 0.15) is 5.75 Å².